The number of fused-ring (bicyclic) bond motifs is 1. The molecular formula is C10H11NO6. The van der Waals surface area contributed by atoms with Crippen LogP contribution in [0.15, 0.2) is 12.1 Å². The molecule has 1 heterocycles. The van der Waals surface area contributed by atoms with Crippen LogP contribution >= 0.6 is 0 Å². The Balaban J connectivity index is 2.47. The summed E-state index contributed by atoms with van der Waals surface area (Å²) < 4.78 is 15.5. The monoisotopic (exact) mass is 241 g/mol. The standard InChI is InChI=1S/C10H11NO6/c1-15-6-2-8(11(13)14)10-9(3-6)16-5-7(4-12)17-10/h2-3,7,12H,4-5H2,1H3/t7-/m0/s1. The van der Waals surface area contributed by atoms with Crippen molar-refractivity contribution in [3.8, 4) is 17.2 Å². The molecule has 17 heavy (non-hydrogen) atoms. The Kier molecular flexibility index (Phi) is 3.01. The first-order chi connectivity index (χ1) is 8.15. The molecule has 1 aromatic rings. The van der Waals surface area contributed by atoms with E-state index in [9.17, 15) is 10.1 Å². The van der Waals surface area contributed by atoms with Gasteiger partial charge in [0.15, 0.2) is 11.9 Å². The van der Waals surface area contributed by atoms with Gasteiger partial charge in [-0.3, -0.25) is 10.1 Å². The molecule has 0 saturated heterocycles. The molecule has 1 aromatic carbocycles. The zero-order chi connectivity index (χ0) is 12.4. The molecule has 0 radical (unpaired) electrons. The second-order valence-corrected chi connectivity index (χ2v) is 3.46. The van der Waals surface area contributed by atoms with Gasteiger partial charge in [-0.05, 0) is 0 Å². The zero-order valence-electron chi connectivity index (χ0n) is 9.08. The van der Waals surface area contributed by atoms with Crippen molar-refractivity contribution in [3.63, 3.8) is 0 Å². The first-order valence-electron chi connectivity index (χ1n) is 4.92. The van der Waals surface area contributed by atoms with E-state index in [2.05, 4.69) is 0 Å². The van der Waals surface area contributed by atoms with Gasteiger partial charge in [0.05, 0.1) is 24.7 Å². The number of aliphatic hydroxyl groups is 1. The molecule has 1 aliphatic heterocycles. The molecule has 1 N–H and O–H groups in total. The summed E-state index contributed by atoms with van der Waals surface area (Å²) in [6.07, 6.45) is -0.588. The summed E-state index contributed by atoms with van der Waals surface area (Å²) in [4.78, 5) is 10.3. The maximum Gasteiger partial charge on any atom is 0.318 e. The normalized spacial score (nSPS) is 17.6. The molecule has 7 heteroatoms. The Labute approximate surface area is 96.7 Å². The fourth-order valence-electron chi connectivity index (χ4n) is 1.52. The molecule has 0 aromatic heterocycles. The third-order valence-corrected chi connectivity index (χ3v) is 2.35. The van der Waals surface area contributed by atoms with Crippen molar-refractivity contribution in [3.05, 3.63) is 22.2 Å². The van der Waals surface area contributed by atoms with Gasteiger partial charge in [-0.2, -0.15) is 0 Å². The van der Waals surface area contributed by atoms with Gasteiger partial charge in [-0.25, -0.2) is 0 Å². The van der Waals surface area contributed by atoms with Crippen LogP contribution in [0.2, 0.25) is 0 Å². The van der Waals surface area contributed by atoms with E-state index in [4.69, 9.17) is 19.3 Å². The summed E-state index contributed by atoms with van der Waals surface area (Å²) in [6, 6.07) is 2.76. The minimum absolute atomic E-state index is 0.0288. The highest BCUT2D eigenvalue weighted by molar-refractivity contribution is 5.60. The predicted molar refractivity (Wildman–Crippen MR) is 56.6 cm³/mol. The van der Waals surface area contributed by atoms with Gasteiger partial charge in [0.1, 0.15) is 12.4 Å². The van der Waals surface area contributed by atoms with Crippen molar-refractivity contribution in [2.75, 3.05) is 20.3 Å². The summed E-state index contributed by atoms with van der Waals surface area (Å²) in [7, 11) is 1.41. The minimum atomic E-state index is -0.588. The third-order valence-electron chi connectivity index (χ3n) is 2.35. The second kappa shape index (κ2) is 4.46. The number of ether oxygens (including phenoxy) is 3. The molecule has 2 rings (SSSR count). The van der Waals surface area contributed by atoms with Crippen molar-refractivity contribution in [1.29, 1.82) is 0 Å². The largest absolute Gasteiger partial charge is 0.496 e. The number of aliphatic hydroxyl groups excluding tert-OH is 1. The lowest BCUT2D eigenvalue weighted by atomic mass is 10.2. The van der Waals surface area contributed by atoms with E-state index in [0.717, 1.165) is 0 Å². The van der Waals surface area contributed by atoms with Crippen molar-refractivity contribution in [2.45, 2.75) is 6.10 Å². The third kappa shape index (κ3) is 2.09. The second-order valence-electron chi connectivity index (χ2n) is 3.46. The topological polar surface area (TPSA) is 91.1 Å². The molecular weight excluding hydrogens is 230 g/mol. The van der Waals surface area contributed by atoms with Crippen molar-refractivity contribution in [1.82, 2.24) is 0 Å². The Morgan fingerprint density at radius 1 is 1.65 bits per heavy atom. The molecule has 92 valence electrons. The highest BCUT2D eigenvalue weighted by Gasteiger charge is 2.29. The van der Waals surface area contributed by atoms with Crippen LogP contribution in [0.1, 0.15) is 0 Å². The minimum Gasteiger partial charge on any atom is -0.496 e. The molecule has 0 unspecified atom stereocenters. The van der Waals surface area contributed by atoms with Crippen molar-refractivity contribution >= 4 is 5.69 Å². The average Bonchev–Trinajstić information content (AvgIpc) is 2.36. The number of nitro groups is 1. The van der Waals surface area contributed by atoms with Gasteiger partial charge in [0, 0.05) is 6.07 Å². The molecule has 0 saturated carbocycles. The van der Waals surface area contributed by atoms with E-state index < -0.39 is 11.0 Å². The average molecular weight is 241 g/mol. The summed E-state index contributed by atoms with van der Waals surface area (Å²) in [6.45, 7) is -0.115. The van der Waals surface area contributed by atoms with Crippen LogP contribution in [0.5, 0.6) is 17.2 Å². The molecule has 0 spiro atoms. The van der Waals surface area contributed by atoms with Crippen LogP contribution < -0.4 is 14.2 Å². The summed E-state index contributed by atoms with van der Waals surface area (Å²) in [5.41, 5.74) is -0.238. The number of nitrogens with zero attached hydrogens (tertiary/aromatic N) is 1. The lowest BCUT2D eigenvalue weighted by Crippen LogP contribution is -2.32. The smallest absolute Gasteiger partial charge is 0.318 e. The number of nitro benzene ring substituents is 1. The predicted octanol–water partition coefficient (Wildman–Crippen LogP) is 0.736. The molecule has 0 bridgehead atoms. The quantitative estimate of drug-likeness (QED) is 0.619. The van der Waals surface area contributed by atoms with Crippen LogP contribution in [0.25, 0.3) is 0 Å². The SMILES string of the molecule is COc1cc2c(c([N+](=O)[O-])c1)O[C@@H](CO)CO2. The molecule has 1 aliphatic rings. The van der Waals surface area contributed by atoms with E-state index in [1.807, 2.05) is 0 Å². The van der Waals surface area contributed by atoms with Crippen LogP contribution in [0, 0.1) is 10.1 Å². The zero-order valence-corrected chi connectivity index (χ0v) is 9.08. The van der Waals surface area contributed by atoms with Crippen LogP contribution in [0.3, 0.4) is 0 Å². The Morgan fingerprint density at radius 3 is 3.00 bits per heavy atom. The first-order valence-corrected chi connectivity index (χ1v) is 4.92. The summed E-state index contributed by atoms with van der Waals surface area (Å²) in [5, 5.41) is 19.8. The number of methoxy groups -OCH3 is 1. The number of hydrogen-bond donors (Lipinski definition) is 1. The molecule has 0 aliphatic carbocycles. The van der Waals surface area contributed by atoms with Crippen molar-refractivity contribution < 1.29 is 24.2 Å². The maximum absolute atomic E-state index is 10.9. The highest BCUT2D eigenvalue weighted by Crippen LogP contribution is 2.43. The van der Waals surface area contributed by atoms with Crippen LogP contribution in [-0.2, 0) is 0 Å². The van der Waals surface area contributed by atoms with Gasteiger partial charge in [-0.15, -0.1) is 0 Å². The van der Waals surface area contributed by atoms with E-state index in [-0.39, 0.29) is 30.4 Å². The van der Waals surface area contributed by atoms with Gasteiger partial charge < -0.3 is 19.3 Å². The number of benzene rings is 1. The van der Waals surface area contributed by atoms with Gasteiger partial charge in [0.25, 0.3) is 0 Å². The Bertz CT molecular complexity index is 447. The van der Waals surface area contributed by atoms with Gasteiger partial charge in [0.2, 0.25) is 5.75 Å². The van der Waals surface area contributed by atoms with Crippen LogP contribution in [-0.4, -0.2) is 36.5 Å². The first kappa shape index (κ1) is 11.5. The number of hydrogen-bond acceptors (Lipinski definition) is 6. The van der Waals surface area contributed by atoms with E-state index in [1.54, 1.807) is 0 Å². The van der Waals surface area contributed by atoms with Crippen molar-refractivity contribution in [2.24, 2.45) is 0 Å². The van der Waals surface area contributed by atoms with Gasteiger partial charge >= 0.3 is 5.69 Å². The van der Waals surface area contributed by atoms with E-state index in [0.29, 0.717) is 5.75 Å². The van der Waals surface area contributed by atoms with E-state index in [1.165, 1.54) is 19.2 Å². The number of rotatable bonds is 3. The van der Waals surface area contributed by atoms with Crippen LogP contribution in [0.4, 0.5) is 5.69 Å². The fraction of sp³-hybridized carbons (Fsp3) is 0.400. The van der Waals surface area contributed by atoms with E-state index >= 15 is 0 Å². The summed E-state index contributed by atoms with van der Waals surface area (Å²) in [5.74, 6) is 0.600. The Morgan fingerprint density at radius 2 is 2.41 bits per heavy atom. The molecule has 0 fully saturated rings. The lowest BCUT2D eigenvalue weighted by molar-refractivity contribution is -0.386. The fourth-order valence-corrected chi connectivity index (χ4v) is 1.52. The lowest BCUT2D eigenvalue weighted by Gasteiger charge is -2.25. The molecule has 7 nitrogen and oxygen atoms in total. The Hall–Kier alpha value is -2.02. The highest BCUT2D eigenvalue weighted by atomic mass is 16.6. The van der Waals surface area contributed by atoms with Gasteiger partial charge in [-0.1, -0.05) is 0 Å². The summed E-state index contributed by atoms with van der Waals surface area (Å²) >= 11 is 0. The maximum atomic E-state index is 10.9. The molecule has 1 atom stereocenters. The molecule has 0 amide bonds.